The number of alkyl halides is 3. The van der Waals surface area contributed by atoms with Crippen molar-refractivity contribution < 1.29 is 46.1 Å². The minimum absolute atomic E-state index is 0.107. The van der Waals surface area contributed by atoms with Crippen LogP contribution in [0, 0.1) is 28.1 Å². The van der Waals surface area contributed by atoms with E-state index in [4.69, 9.17) is 15.6 Å². The van der Waals surface area contributed by atoms with E-state index in [0.29, 0.717) is 11.8 Å². The van der Waals surface area contributed by atoms with Crippen LogP contribution in [0.3, 0.4) is 0 Å². The van der Waals surface area contributed by atoms with E-state index < -0.39 is 79.3 Å². The summed E-state index contributed by atoms with van der Waals surface area (Å²) in [5.74, 6) is -3.78. The zero-order valence-electron chi connectivity index (χ0n) is 20.4. The number of carbonyl (C=O) groups is 2. The highest BCUT2D eigenvalue weighted by Crippen LogP contribution is 2.66. The average molecular weight is 572 g/mol. The van der Waals surface area contributed by atoms with Crippen molar-refractivity contribution in [3.63, 3.8) is 0 Å². The van der Waals surface area contributed by atoms with Crippen LogP contribution in [0.2, 0.25) is 0 Å². The third-order valence-corrected chi connectivity index (χ3v) is 9.91. The van der Waals surface area contributed by atoms with E-state index in [1.165, 1.54) is 6.20 Å². The molecule has 2 aromatic rings. The second kappa shape index (κ2) is 9.57. The van der Waals surface area contributed by atoms with Crippen molar-refractivity contribution in [2.45, 2.75) is 48.1 Å². The van der Waals surface area contributed by atoms with Gasteiger partial charge < -0.3 is 20.7 Å². The van der Waals surface area contributed by atoms with Crippen LogP contribution in [0.15, 0.2) is 29.3 Å². The molecule has 210 valence electrons. The number of hydrogen-bond acceptors (Lipinski definition) is 9. The number of nitriles is 1. The maximum atomic E-state index is 14.1. The summed E-state index contributed by atoms with van der Waals surface area (Å²) in [5.41, 5.74) is 0.123. The number of methoxy groups -OCH3 is 1. The summed E-state index contributed by atoms with van der Waals surface area (Å²) in [6, 6.07) is 4.19. The third kappa shape index (κ3) is 4.43. The molecule has 4 N–H and O–H groups in total. The molecule has 39 heavy (non-hydrogen) atoms. The molecule has 0 bridgehead atoms. The fourth-order valence-electron chi connectivity index (χ4n) is 5.62. The van der Waals surface area contributed by atoms with Crippen LogP contribution < -0.4 is 5.73 Å². The Bertz CT molecular complexity index is 1470. The highest BCUT2D eigenvalue weighted by atomic mass is 32.2. The maximum Gasteiger partial charge on any atom is 0.417 e. The zero-order valence-corrected chi connectivity index (χ0v) is 21.2. The maximum absolute atomic E-state index is 14.1. The lowest BCUT2D eigenvalue weighted by Gasteiger charge is -2.31. The van der Waals surface area contributed by atoms with Gasteiger partial charge in [-0.05, 0) is 37.5 Å². The second-order valence-corrected chi connectivity index (χ2v) is 11.9. The number of aliphatic hydroxyl groups excluding tert-OH is 1. The van der Waals surface area contributed by atoms with Gasteiger partial charge in [-0.3, -0.25) is 9.59 Å². The van der Waals surface area contributed by atoms with Crippen molar-refractivity contribution in [1.29, 1.82) is 5.26 Å². The Kier molecular flexibility index (Phi) is 6.99. The first-order valence-corrected chi connectivity index (χ1v) is 13.2. The molecule has 1 aromatic heterocycles. The number of carbonyl (C=O) groups excluding carboxylic acids is 1. The van der Waals surface area contributed by atoms with Gasteiger partial charge in [0.2, 0.25) is 5.91 Å². The number of benzene rings is 1. The monoisotopic (exact) mass is 571 g/mol. The molecule has 1 heterocycles. The van der Waals surface area contributed by atoms with Gasteiger partial charge in [0.25, 0.3) is 0 Å². The number of ether oxygens (including phenoxy) is 1. The van der Waals surface area contributed by atoms with E-state index in [-0.39, 0.29) is 25.1 Å². The molecule has 4 rings (SSSR count). The summed E-state index contributed by atoms with van der Waals surface area (Å²) in [7, 11) is -3.69. The predicted octanol–water partition coefficient (Wildman–Crippen LogP) is 0.858. The summed E-state index contributed by atoms with van der Waals surface area (Å²) < 4.78 is 76.0. The Morgan fingerprint density at radius 2 is 2.03 bits per heavy atom. The molecule has 2 aliphatic carbocycles. The minimum Gasteiger partial charge on any atom is -0.481 e. The molecular weight excluding hydrogens is 547 g/mol. The molecule has 2 fully saturated rings. The normalized spacial score (nSPS) is 28.7. The lowest BCUT2D eigenvalue weighted by molar-refractivity contribution is -0.159. The van der Waals surface area contributed by atoms with Gasteiger partial charge in [0.1, 0.15) is 10.8 Å². The van der Waals surface area contributed by atoms with Crippen molar-refractivity contribution in [1.82, 2.24) is 15.0 Å². The molecule has 16 heteroatoms. The largest absolute Gasteiger partial charge is 0.481 e. The Labute approximate surface area is 220 Å². The van der Waals surface area contributed by atoms with Gasteiger partial charge >= 0.3 is 12.1 Å². The van der Waals surface area contributed by atoms with E-state index >= 15 is 0 Å². The molecule has 0 radical (unpaired) electrons. The molecule has 0 aliphatic heterocycles. The molecular formula is C23H24F3N5O7S. The number of carboxylic acid groups (broad SMARTS) is 1. The van der Waals surface area contributed by atoms with Gasteiger partial charge in [0, 0.05) is 26.1 Å². The van der Waals surface area contributed by atoms with Crippen LogP contribution in [0.5, 0.6) is 0 Å². The van der Waals surface area contributed by atoms with Crippen molar-refractivity contribution in [2.75, 3.05) is 13.7 Å². The number of nitrogens with two attached hydrogens (primary N) is 1. The number of primary amides is 1. The molecule has 1 amide bonds. The smallest absolute Gasteiger partial charge is 0.417 e. The number of aliphatic carboxylic acids is 1. The Hall–Kier alpha value is -3.55. The van der Waals surface area contributed by atoms with E-state index in [1.807, 2.05) is 0 Å². The number of halogens is 3. The highest BCUT2D eigenvalue weighted by Gasteiger charge is 2.75. The number of carboxylic acids is 1. The summed E-state index contributed by atoms with van der Waals surface area (Å²) >= 11 is 0. The second-order valence-electron chi connectivity index (χ2n) is 9.69. The molecule has 2 saturated carbocycles. The lowest BCUT2D eigenvalue weighted by atomic mass is 9.75. The van der Waals surface area contributed by atoms with Crippen LogP contribution in [-0.2, 0) is 36.8 Å². The summed E-state index contributed by atoms with van der Waals surface area (Å²) in [6.07, 6.45) is -6.44. The first-order valence-electron chi connectivity index (χ1n) is 11.6. The number of aromatic nitrogens is 3. The number of aliphatic hydroxyl groups is 1. The van der Waals surface area contributed by atoms with Crippen molar-refractivity contribution in [2.24, 2.45) is 22.5 Å². The van der Waals surface area contributed by atoms with E-state index in [1.54, 1.807) is 6.07 Å². The first-order chi connectivity index (χ1) is 18.2. The summed E-state index contributed by atoms with van der Waals surface area (Å²) in [4.78, 5) is 23.5. The fraction of sp³-hybridized carbons (Fsp3) is 0.522. The Morgan fingerprint density at radius 1 is 1.33 bits per heavy atom. The highest BCUT2D eigenvalue weighted by molar-refractivity contribution is 7.92. The zero-order chi connectivity index (χ0) is 29.0. The predicted molar refractivity (Wildman–Crippen MR) is 124 cm³/mol. The number of sulfone groups is 1. The quantitative estimate of drug-likeness (QED) is 0.388. The van der Waals surface area contributed by atoms with Crippen molar-refractivity contribution in [3.05, 3.63) is 35.7 Å². The summed E-state index contributed by atoms with van der Waals surface area (Å²) in [5, 5.41) is 34.6. The first kappa shape index (κ1) is 28.5. The van der Waals surface area contributed by atoms with Gasteiger partial charge in [-0.1, -0.05) is 5.21 Å². The number of rotatable bonds is 9. The molecule has 2 unspecified atom stereocenters. The summed E-state index contributed by atoms with van der Waals surface area (Å²) in [6.45, 7) is -0.263. The number of nitrogens with zero attached hydrogens (tertiary/aromatic N) is 4. The molecule has 2 aliphatic rings. The van der Waals surface area contributed by atoms with Crippen LogP contribution in [0.25, 0.3) is 5.69 Å². The van der Waals surface area contributed by atoms with E-state index in [0.717, 1.165) is 23.9 Å². The molecule has 0 saturated heterocycles. The topological polar surface area (TPSA) is 198 Å². The minimum atomic E-state index is -5.12. The van der Waals surface area contributed by atoms with Gasteiger partial charge in [-0.25, -0.2) is 13.1 Å². The van der Waals surface area contributed by atoms with Crippen LogP contribution >= 0.6 is 0 Å². The number of amides is 1. The van der Waals surface area contributed by atoms with Crippen molar-refractivity contribution in [3.8, 4) is 11.8 Å². The Morgan fingerprint density at radius 3 is 2.54 bits per heavy atom. The van der Waals surface area contributed by atoms with Crippen LogP contribution in [0.1, 0.15) is 30.5 Å². The fourth-order valence-corrected chi connectivity index (χ4v) is 7.64. The average Bonchev–Trinajstić information content (AvgIpc) is 3.23. The standard InChI is InChI=1S/C23H24F3N5O7S/c1-38-18-7-14(8-22(18,20(34)35)17-9-21(17,11-27)19(28)33)39(36,37)16-3-2-13(6-15(16)23(24,25)26)31-10-12(4-5-32)29-30-31/h2-3,6,10,14,17-18,32H,4-5,7-9H2,1H3,(H2,28,33)(H,34,35)/t14-,17?,18+,21?,22+/m0/s1. The number of hydrogen-bond donors (Lipinski definition) is 3. The van der Waals surface area contributed by atoms with E-state index in [2.05, 4.69) is 10.3 Å². The lowest BCUT2D eigenvalue weighted by Crippen LogP contribution is -2.44. The van der Waals surface area contributed by atoms with Gasteiger partial charge in [-0.15, -0.1) is 5.10 Å². The van der Waals surface area contributed by atoms with Crippen molar-refractivity contribution >= 4 is 21.7 Å². The van der Waals surface area contributed by atoms with E-state index in [9.17, 15) is 41.5 Å². The van der Waals surface area contributed by atoms with Gasteiger partial charge in [0.05, 0.1) is 45.5 Å². The third-order valence-electron chi connectivity index (χ3n) is 7.71. The van der Waals surface area contributed by atoms with Gasteiger partial charge in [-0.2, -0.15) is 18.4 Å². The molecule has 0 spiro atoms. The molecule has 12 nitrogen and oxygen atoms in total. The van der Waals surface area contributed by atoms with Gasteiger partial charge in [0.15, 0.2) is 9.84 Å². The van der Waals surface area contributed by atoms with Crippen LogP contribution in [-0.4, -0.2) is 70.6 Å². The molecule has 5 atom stereocenters. The Balaban J connectivity index is 1.77. The SMILES string of the molecule is CO[C@@H]1C[C@H](S(=O)(=O)c2ccc(-n3cc(CCO)nn3)cc2C(F)(F)F)C[C@@]1(C(=O)O)C1CC1(C#N)C(N)=O. The molecule has 1 aromatic carbocycles. The van der Waals surface area contributed by atoms with Crippen LogP contribution in [0.4, 0.5) is 13.2 Å².